The van der Waals surface area contributed by atoms with Gasteiger partial charge in [0.25, 0.3) is 10.1 Å². The van der Waals surface area contributed by atoms with Gasteiger partial charge in [-0.1, -0.05) is 0 Å². The van der Waals surface area contributed by atoms with Crippen molar-refractivity contribution in [1.82, 2.24) is 0 Å². The molecule has 0 radical (unpaired) electrons. The molecule has 0 saturated carbocycles. The average Bonchev–Trinajstić information content (AvgIpc) is 2.25. The van der Waals surface area contributed by atoms with E-state index in [1.54, 1.807) is 0 Å². The fourth-order valence-electron chi connectivity index (χ4n) is 2.28. The van der Waals surface area contributed by atoms with Crippen LogP contribution in [0.15, 0.2) is 17.0 Å². The summed E-state index contributed by atoms with van der Waals surface area (Å²) in [6.45, 7) is 0. The van der Waals surface area contributed by atoms with Gasteiger partial charge in [0, 0.05) is 5.56 Å². The number of hydrogen-bond acceptors (Lipinski definition) is 5. The fraction of sp³-hybridized carbons (Fsp3) is 0.455. The van der Waals surface area contributed by atoms with Crippen molar-refractivity contribution in [3.8, 4) is 5.75 Å². The lowest BCUT2D eigenvalue weighted by molar-refractivity contribution is 0.477. The third-order valence-electron chi connectivity index (χ3n) is 2.97. The second-order valence-electron chi connectivity index (χ2n) is 4.49. The van der Waals surface area contributed by atoms with Crippen molar-refractivity contribution in [2.75, 3.05) is 6.26 Å². The maximum absolute atomic E-state index is 11.3. The van der Waals surface area contributed by atoms with Crippen molar-refractivity contribution in [2.45, 2.75) is 30.6 Å². The van der Waals surface area contributed by atoms with E-state index in [-0.39, 0.29) is 10.6 Å². The zero-order valence-electron chi connectivity index (χ0n) is 10.3. The van der Waals surface area contributed by atoms with Crippen LogP contribution in [0.1, 0.15) is 24.0 Å². The van der Waals surface area contributed by atoms with Crippen molar-refractivity contribution in [3.63, 3.8) is 0 Å². The Morgan fingerprint density at radius 1 is 1.05 bits per heavy atom. The van der Waals surface area contributed by atoms with Crippen molar-refractivity contribution >= 4 is 20.2 Å². The molecular formula is C11H14O6S2. The Labute approximate surface area is 112 Å². The lowest BCUT2D eigenvalue weighted by Crippen LogP contribution is -2.14. The smallest absolute Gasteiger partial charge is 0.306 e. The zero-order chi connectivity index (χ0) is 14.3. The highest BCUT2D eigenvalue weighted by molar-refractivity contribution is 7.86. The van der Waals surface area contributed by atoms with Crippen LogP contribution in [0, 0.1) is 0 Å². The van der Waals surface area contributed by atoms with E-state index < -0.39 is 20.2 Å². The Morgan fingerprint density at radius 3 is 2.16 bits per heavy atom. The molecule has 0 aromatic heterocycles. The number of rotatable bonds is 3. The second kappa shape index (κ2) is 4.77. The van der Waals surface area contributed by atoms with Gasteiger partial charge < -0.3 is 4.18 Å². The monoisotopic (exact) mass is 306 g/mol. The van der Waals surface area contributed by atoms with E-state index in [1.165, 1.54) is 12.1 Å². The summed E-state index contributed by atoms with van der Waals surface area (Å²) in [5.41, 5.74) is 1.00. The van der Waals surface area contributed by atoms with E-state index in [0.717, 1.165) is 19.1 Å². The van der Waals surface area contributed by atoms with Crippen LogP contribution in [0.5, 0.6) is 5.75 Å². The van der Waals surface area contributed by atoms with Crippen LogP contribution in [-0.2, 0) is 33.1 Å². The lowest BCUT2D eigenvalue weighted by atomic mass is 9.91. The quantitative estimate of drug-likeness (QED) is 0.664. The molecule has 0 aliphatic heterocycles. The van der Waals surface area contributed by atoms with Crippen LogP contribution in [0.3, 0.4) is 0 Å². The first-order valence-corrected chi connectivity index (χ1v) is 8.96. The van der Waals surface area contributed by atoms with Crippen LogP contribution in [-0.4, -0.2) is 27.6 Å². The largest absolute Gasteiger partial charge is 0.382 e. The summed E-state index contributed by atoms with van der Waals surface area (Å²) in [5, 5.41) is 0. The first kappa shape index (κ1) is 14.3. The van der Waals surface area contributed by atoms with E-state index in [4.69, 9.17) is 4.18 Å². The molecule has 1 aliphatic rings. The Bertz CT molecular complexity index is 703. The van der Waals surface area contributed by atoms with Gasteiger partial charge in [0.15, 0.2) is 0 Å². The summed E-state index contributed by atoms with van der Waals surface area (Å²) >= 11 is 0. The molecule has 2 rings (SSSR count). The van der Waals surface area contributed by atoms with Crippen molar-refractivity contribution < 1.29 is 25.6 Å². The van der Waals surface area contributed by atoms with E-state index in [2.05, 4.69) is 0 Å². The molecule has 1 N–H and O–H groups in total. The maximum Gasteiger partial charge on any atom is 0.306 e. The Hall–Kier alpha value is -1.12. The van der Waals surface area contributed by atoms with Crippen molar-refractivity contribution in [3.05, 3.63) is 23.3 Å². The molecule has 19 heavy (non-hydrogen) atoms. The minimum Gasteiger partial charge on any atom is -0.382 e. The minimum absolute atomic E-state index is 0.143. The molecule has 106 valence electrons. The van der Waals surface area contributed by atoms with Crippen LogP contribution in [0.2, 0.25) is 0 Å². The van der Waals surface area contributed by atoms with Crippen LogP contribution >= 0.6 is 0 Å². The van der Waals surface area contributed by atoms with Gasteiger partial charge in [0.1, 0.15) is 5.75 Å². The van der Waals surface area contributed by atoms with E-state index in [1.807, 2.05) is 0 Å². The summed E-state index contributed by atoms with van der Waals surface area (Å²) in [7, 11) is -7.98. The van der Waals surface area contributed by atoms with Gasteiger partial charge in [-0.05, 0) is 43.4 Å². The SMILES string of the molecule is CS(=O)(=O)Oc1ccc(S(=O)(=O)O)c2c1CCCC2. The molecule has 0 unspecified atom stereocenters. The minimum atomic E-state index is -4.31. The zero-order valence-corrected chi connectivity index (χ0v) is 11.9. The molecule has 1 aromatic rings. The van der Waals surface area contributed by atoms with Crippen LogP contribution in [0.4, 0.5) is 0 Å². The summed E-state index contributed by atoms with van der Waals surface area (Å²) in [5.74, 6) is 0.143. The van der Waals surface area contributed by atoms with Gasteiger partial charge in [0.05, 0.1) is 11.2 Å². The highest BCUT2D eigenvalue weighted by Gasteiger charge is 2.24. The predicted molar refractivity (Wildman–Crippen MR) is 68.4 cm³/mol. The third-order valence-corrected chi connectivity index (χ3v) is 4.39. The lowest BCUT2D eigenvalue weighted by Gasteiger charge is -2.20. The number of benzene rings is 1. The molecule has 0 heterocycles. The number of fused-ring (bicyclic) bond motifs is 1. The fourth-order valence-corrected chi connectivity index (χ4v) is 3.54. The highest BCUT2D eigenvalue weighted by atomic mass is 32.2. The summed E-state index contributed by atoms with van der Waals surface area (Å²) in [6, 6.07) is 2.45. The van der Waals surface area contributed by atoms with Gasteiger partial charge in [-0.15, -0.1) is 0 Å². The summed E-state index contributed by atoms with van der Waals surface area (Å²) in [4.78, 5) is -0.164. The summed E-state index contributed by atoms with van der Waals surface area (Å²) in [6.07, 6.45) is 3.55. The first-order valence-electron chi connectivity index (χ1n) is 5.70. The topological polar surface area (TPSA) is 97.7 Å². The van der Waals surface area contributed by atoms with Crippen LogP contribution < -0.4 is 4.18 Å². The first-order chi connectivity index (χ1) is 8.68. The molecule has 1 aliphatic carbocycles. The molecular weight excluding hydrogens is 292 g/mol. The average molecular weight is 306 g/mol. The van der Waals surface area contributed by atoms with Gasteiger partial charge >= 0.3 is 10.1 Å². The molecule has 8 heteroatoms. The second-order valence-corrected chi connectivity index (χ2v) is 7.45. The summed E-state index contributed by atoms with van der Waals surface area (Å²) < 4.78 is 59.0. The van der Waals surface area contributed by atoms with E-state index in [9.17, 15) is 21.4 Å². The molecule has 0 fully saturated rings. The normalized spacial score (nSPS) is 15.9. The molecule has 0 amide bonds. The van der Waals surface area contributed by atoms with E-state index >= 15 is 0 Å². The van der Waals surface area contributed by atoms with Gasteiger partial charge in [-0.2, -0.15) is 16.8 Å². The standard InChI is InChI=1S/C11H14O6S2/c1-18(12,13)17-10-6-7-11(19(14,15)16)9-5-3-2-4-8(9)10/h6-7H,2-5H2,1H3,(H,14,15,16). The highest BCUT2D eigenvalue weighted by Crippen LogP contribution is 2.34. The van der Waals surface area contributed by atoms with Gasteiger partial charge in [-0.3, -0.25) is 4.55 Å². The van der Waals surface area contributed by atoms with Gasteiger partial charge in [0.2, 0.25) is 0 Å². The maximum atomic E-state index is 11.3. The molecule has 6 nitrogen and oxygen atoms in total. The Kier molecular flexibility index (Phi) is 3.59. The number of hydrogen-bond donors (Lipinski definition) is 1. The molecule has 0 saturated heterocycles. The van der Waals surface area contributed by atoms with E-state index in [0.29, 0.717) is 24.0 Å². The molecule has 0 spiro atoms. The van der Waals surface area contributed by atoms with Crippen molar-refractivity contribution in [2.24, 2.45) is 0 Å². The Balaban J connectivity index is 2.62. The Morgan fingerprint density at radius 2 is 1.63 bits per heavy atom. The van der Waals surface area contributed by atoms with Crippen molar-refractivity contribution in [1.29, 1.82) is 0 Å². The molecule has 1 aromatic carbocycles. The predicted octanol–water partition coefficient (Wildman–Crippen LogP) is 1.15. The van der Waals surface area contributed by atoms with Crippen LogP contribution in [0.25, 0.3) is 0 Å². The third kappa shape index (κ3) is 3.26. The molecule has 0 bridgehead atoms. The molecule has 0 atom stereocenters. The van der Waals surface area contributed by atoms with Gasteiger partial charge in [-0.25, -0.2) is 0 Å².